The molecule has 1 saturated heterocycles. The summed E-state index contributed by atoms with van der Waals surface area (Å²) in [5.74, 6) is 0.0951. The maximum absolute atomic E-state index is 12.3. The Balaban J connectivity index is 1.62. The minimum atomic E-state index is -0.392. The highest BCUT2D eigenvalue weighted by Crippen LogP contribution is 2.14. The van der Waals surface area contributed by atoms with Gasteiger partial charge in [-0.1, -0.05) is 6.07 Å². The van der Waals surface area contributed by atoms with Crippen molar-refractivity contribution in [1.29, 1.82) is 0 Å². The average molecular weight is 318 g/mol. The number of nitro benzene ring substituents is 1. The van der Waals surface area contributed by atoms with Gasteiger partial charge >= 0.3 is 0 Å². The first-order valence-corrected chi connectivity index (χ1v) is 7.95. The van der Waals surface area contributed by atoms with Crippen molar-refractivity contribution in [2.75, 3.05) is 26.2 Å². The Labute approximate surface area is 131 Å². The van der Waals surface area contributed by atoms with E-state index >= 15 is 0 Å². The number of non-ortho nitro benzene ring substituents is 1. The van der Waals surface area contributed by atoms with Gasteiger partial charge in [0, 0.05) is 24.3 Å². The van der Waals surface area contributed by atoms with E-state index in [1.54, 1.807) is 12.1 Å². The Bertz CT molecular complexity index is 662. The van der Waals surface area contributed by atoms with Gasteiger partial charge in [0.05, 0.1) is 36.0 Å². The fourth-order valence-electron chi connectivity index (χ4n) is 2.64. The zero-order valence-corrected chi connectivity index (χ0v) is 12.7. The molecule has 0 unspecified atom stereocenters. The van der Waals surface area contributed by atoms with Gasteiger partial charge in [-0.25, -0.2) is 0 Å². The third-order valence-electron chi connectivity index (χ3n) is 3.87. The Kier molecular flexibility index (Phi) is 4.17. The summed E-state index contributed by atoms with van der Waals surface area (Å²) in [4.78, 5) is 26.5. The number of hydrogen-bond donors (Lipinski definition) is 1. The van der Waals surface area contributed by atoms with Crippen LogP contribution in [0.5, 0.6) is 0 Å². The molecule has 1 fully saturated rings. The molecule has 3 rings (SSSR count). The molecule has 0 aliphatic carbocycles. The molecule has 0 radical (unpaired) electrons. The third-order valence-corrected chi connectivity index (χ3v) is 4.73. The summed E-state index contributed by atoms with van der Waals surface area (Å²) in [7, 11) is 0. The van der Waals surface area contributed by atoms with Crippen molar-refractivity contribution >= 4 is 28.6 Å². The number of carbonyl (C=O) groups excluding carboxylic acids is 1. The van der Waals surface area contributed by atoms with Gasteiger partial charge in [0.1, 0.15) is 5.69 Å². The summed E-state index contributed by atoms with van der Waals surface area (Å²) in [6, 6.07) is 10.4. The van der Waals surface area contributed by atoms with Gasteiger partial charge < -0.3 is 4.90 Å². The molecule has 1 aliphatic rings. The van der Waals surface area contributed by atoms with Crippen LogP contribution in [0, 0.1) is 10.1 Å². The van der Waals surface area contributed by atoms with Crippen LogP contribution in [0.1, 0.15) is 9.67 Å². The minimum absolute atomic E-state index is 0.0951. The standard InChI is InChI=1S/C15H15N3O3S/c19-15(14-2-1-11-22-14)17-9-7-16(8-10-17)12-3-5-13(6-4-12)18(20)21/h1-6,11H,7-10H2/p+1. The van der Waals surface area contributed by atoms with Crippen molar-refractivity contribution in [2.45, 2.75) is 0 Å². The molecule has 6 nitrogen and oxygen atoms in total. The molecule has 7 heteroatoms. The smallest absolute Gasteiger partial charge is 0.269 e. The van der Waals surface area contributed by atoms with Gasteiger partial charge in [0.25, 0.3) is 11.6 Å². The van der Waals surface area contributed by atoms with Gasteiger partial charge in [0.2, 0.25) is 0 Å². The highest BCUT2D eigenvalue weighted by Gasteiger charge is 2.26. The molecule has 0 saturated carbocycles. The summed E-state index contributed by atoms with van der Waals surface area (Å²) < 4.78 is 0. The summed E-state index contributed by atoms with van der Waals surface area (Å²) in [6.45, 7) is 3.02. The summed E-state index contributed by atoms with van der Waals surface area (Å²) >= 11 is 1.46. The lowest BCUT2D eigenvalue weighted by atomic mass is 10.2. The summed E-state index contributed by atoms with van der Waals surface area (Å²) in [5.41, 5.74) is 1.14. The van der Waals surface area contributed by atoms with E-state index < -0.39 is 4.92 Å². The average Bonchev–Trinajstić information content (AvgIpc) is 3.09. The molecule has 1 aromatic heterocycles. The number of benzene rings is 1. The van der Waals surface area contributed by atoms with E-state index in [4.69, 9.17) is 0 Å². The van der Waals surface area contributed by atoms with Crippen molar-refractivity contribution in [1.82, 2.24) is 4.90 Å². The highest BCUT2D eigenvalue weighted by atomic mass is 32.1. The largest absolute Gasteiger partial charge is 0.327 e. The van der Waals surface area contributed by atoms with E-state index in [1.165, 1.54) is 28.4 Å². The van der Waals surface area contributed by atoms with E-state index in [0.717, 1.165) is 23.7 Å². The number of nitrogens with zero attached hydrogens (tertiary/aromatic N) is 2. The van der Waals surface area contributed by atoms with Crippen LogP contribution in [-0.2, 0) is 0 Å². The SMILES string of the molecule is O=C(c1cccs1)N1CC[NH+](c2ccc([N+](=O)[O-])cc2)CC1. The fraction of sp³-hybridized carbons (Fsp3) is 0.267. The number of piperazine rings is 1. The van der Waals surface area contributed by atoms with Crippen LogP contribution in [-0.4, -0.2) is 41.9 Å². The third kappa shape index (κ3) is 3.00. The van der Waals surface area contributed by atoms with Crippen LogP contribution < -0.4 is 4.90 Å². The maximum Gasteiger partial charge on any atom is 0.269 e. The normalized spacial score (nSPS) is 15.7. The first-order valence-electron chi connectivity index (χ1n) is 7.07. The molecule has 2 aromatic rings. The molecule has 0 bridgehead atoms. The molecule has 0 atom stereocenters. The van der Waals surface area contributed by atoms with Crippen LogP contribution in [0.3, 0.4) is 0 Å². The van der Waals surface area contributed by atoms with E-state index in [9.17, 15) is 14.9 Å². The van der Waals surface area contributed by atoms with Crippen LogP contribution in [0.15, 0.2) is 41.8 Å². The molecule has 1 aliphatic heterocycles. The van der Waals surface area contributed by atoms with E-state index in [-0.39, 0.29) is 11.6 Å². The predicted octanol–water partition coefficient (Wildman–Crippen LogP) is 1.33. The number of nitro groups is 1. The zero-order chi connectivity index (χ0) is 15.5. The number of rotatable bonds is 3. The fourth-order valence-corrected chi connectivity index (χ4v) is 3.33. The Morgan fingerprint density at radius 1 is 1.18 bits per heavy atom. The number of hydrogen-bond acceptors (Lipinski definition) is 4. The Hall–Kier alpha value is -2.25. The molecule has 1 amide bonds. The van der Waals surface area contributed by atoms with Crippen molar-refractivity contribution < 1.29 is 14.6 Å². The van der Waals surface area contributed by atoms with Crippen LogP contribution in [0.2, 0.25) is 0 Å². The first-order chi connectivity index (χ1) is 10.6. The minimum Gasteiger partial charge on any atom is -0.327 e. The number of amides is 1. The lowest BCUT2D eigenvalue weighted by molar-refractivity contribution is -0.837. The lowest BCUT2D eigenvalue weighted by Crippen LogP contribution is -3.10. The van der Waals surface area contributed by atoms with Gasteiger partial charge in [-0.3, -0.25) is 19.8 Å². The number of thiophene rings is 1. The van der Waals surface area contributed by atoms with Crippen LogP contribution >= 0.6 is 11.3 Å². The topological polar surface area (TPSA) is 67.9 Å². The van der Waals surface area contributed by atoms with Gasteiger partial charge in [0.15, 0.2) is 0 Å². The zero-order valence-electron chi connectivity index (χ0n) is 11.9. The van der Waals surface area contributed by atoms with E-state index in [0.29, 0.717) is 13.1 Å². The van der Waals surface area contributed by atoms with Gasteiger partial charge in [-0.15, -0.1) is 11.3 Å². The quantitative estimate of drug-likeness (QED) is 0.686. The number of nitrogens with one attached hydrogen (secondary N) is 1. The van der Waals surface area contributed by atoms with Crippen molar-refractivity contribution in [3.8, 4) is 0 Å². The second-order valence-corrected chi connectivity index (χ2v) is 6.12. The molecular weight excluding hydrogens is 302 g/mol. The summed E-state index contributed by atoms with van der Waals surface area (Å²) in [5, 5.41) is 12.6. The lowest BCUT2D eigenvalue weighted by Gasteiger charge is -2.31. The van der Waals surface area contributed by atoms with E-state index in [1.807, 2.05) is 22.4 Å². The molecule has 0 spiro atoms. The molecule has 114 valence electrons. The van der Waals surface area contributed by atoms with Crippen molar-refractivity contribution in [3.05, 3.63) is 56.8 Å². The second kappa shape index (κ2) is 6.25. The molecule has 22 heavy (non-hydrogen) atoms. The predicted molar refractivity (Wildman–Crippen MR) is 83.7 cm³/mol. The number of carbonyl (C=O) groups is 1. The first kappa shape index (κ1) is 14.7. The second-order valence-electron chi connectivity index (χ2n) is 5.18. The van der Waals surface area contributed by atoms with Gasteiger partial charge in [-0.05, 0) is 11.4 Å². The van der Waals surface area contributed by atoms with Crippen molar-refractivity contribution in [2.24, 2.45) is 0 Å². The Morgan fingerprint density at radius 3 is 2.41 bits per heavy atom. The van der Waals surface area contributed by atoms with Crippen molar-refractivity contribution in [3.63, 3.8) is 0 Å². The Morgan fingerprint density at radius 2 is 1.86 bits per heavy atom. The molecule has 2 heterocycles. The van der Waals surface area contributed by atoms with E-state index in [2.05, 4.69) is 0 Å². The summed E-state index contributed by atoms with van der Waals surface area (Å²) in [6.07, 6.45) is 0. The highest BCUT2D eigenvalue weighted by molar-refractivity contribution is 7.12. The number of quaternary nitrogens is 1. The van der Waals surface area contributed by atoms with Crippen LogP contribution in [0.4, 0.5) is 11.4 Å². The molecule has 1 N–H and O–H groups in total. The maximum atomic E-state index is 12.3. The molecular formula is C15H16N3O3S+. The molecule has 1 aromatic carbocycles. The van der Waals surface area contributed by atoms with Crippen LogP contribution in [0.25, 0.3) is 0 Å². The van der Waals surface area contributed by atoms with Gasteiger partial charge in [-0.2, -0.15) is 0 Å². The monoisotopic (exact) mass is 318 g/mol.